The van der Waals surface area contributed by atoms with Crippen LogP contribution in [0.4, 0.5) is 0 Å². The second-order valence-electron chi connectivity index (χ2n) is 2.59. The van der Waals surface area contributed by atoms with Crippen LogP contribution in [-0.4, -0.2) is 18.7 Å². The molecule has 0 spiro atoms. The van der Waals surface area contributed by atoms with Gasteiger partial charge in [0.25, 0.3) is 0 Å². The molecule has 0 N–H and O–H groups in total. The van der Waals surface area contributed by atoms with Gasteiger partial charge in [-0.25, -0.2) is 8.42 Å². The van der Waals surface area contributed by atoms with Crippen LogP contribution >= 0.6 is 0 Å². The first-order chi connectivity index (χ1) is 6.03. The van der Waals surface area contributed by atoms with Gasteiger partial charge in [0.05, 0.1) is 15.9 Å². The zero-order valence-electron chi connectivity index (χ0n) is 7.93. The summed E-state index contributed by atoms with van der Waals surface area (Å²) >= 11 is 0. The molecular weight excluding hydrogens is 211 g/mol. The minimum Gasteiger partial charge on any atom is -0.748 e. The molecule has 0 saturated carbocycles. The van der Waals surface area contributed by atoms with E-state index in [4.69, 9.17) is 0 Å². The van der Waals surface area contributed by atoms with Crippen LogP contribution in [0.5, 0.6) is 0 Å². The van der Waals surface area contributed by atoms with Gasteiger partial charge in [-0.05, 0) is 11.1 Å². The van der Waals surface area contributed by atoms with E-state index in [0.29, 0.717) is 0 Å². The van der Waals surface area contributed by atoms with Crippen LogP contribution in [0.25, 0.3) is 11.1 Å². The maximum Gasteiger partial charge on any atom is 1.00 e. The summed E-state index contributed by atoms with van der Waals surface area (Å²) in [6.45, 7) is 3.07. The number of rotatable bonds is 2. The van der Waals surface area contributed by atoms with E-state index in [0.717, 1.165) is 6.08 Å². The molecule has 0 aromatic heterocycles. The molecule has 0 saturated heterocycles. The van der Waals surface area contributed by atoms with E-state index in [-0.39, 0.29) is 29.6 Å². The first-order valence-electron chi connectivity index (χ1n) is 3.68. The van der Waals surface area contributed by atoms with Crippen LogP contribution in [-0.2, 0) is 10.1 Å². The molecule has 70 valence electrons. The third-order valence-corrected chi connectivity index (χ3v) is 2.18. The van der Waals surface area contributed by atoms with Gasteiger partial charge in [-0.1, -0.05) is 30.3 Å². The van der Waals surface area contributed by atoms with Gasteiger partial charge in [0, 0.05) is 0 Å². The second kappa shape index (κ2) is 5.68. The summed E-state index contributed by atoms with van der Waals surface area (Å²) in [6.07, 6.45) is 1.06. The van der Waals surface area contributed by atoms with Crippen molar-refractivity contribution in [2.24, 2.45) is 0 Å². The largest absolute Gasteiger partial charge is 1.00 e. The molecule has 0 radical (unpaired) electrons. The van der Waals surface area contributed by atoms with Crippen molar-refractivity contribution < 1.29 is 42.5 Å². The molecule has 0 atom stereocenters. The average molecular weight is 220 g/mol. The summed E-state index contributed by atoms with van der Waals surface area (Å²) in [6, 6.07) is 8.48. The van der Waals surface area contributed by atoms with Crippen molar-refractivity contribution in [1.29, 1.82) is 0 Å². The summed E-state index contributed by atoms with van der Waals surface area (Å²) in [4.78, 5) is 0. The number of benzene rings is 1. The predicted octanol–water partition coefficient (Wildman–Crippen LogP) is -1.61. The number of hydrogen-bond donors (Lipinski definition) is 0. The van der Waals surface area contributed by atoms with E-state index in [1.807, 2.05) is 0 Å². The fourth-order valence-electron chi connectivity index (χ4n) is 0.807. The van der Waals surface area contributed by atoms with Gasteiger partial charge in [-0.3, -0.25) is 0 Å². The molecule has 0 amide bonds. The Bertz CT molecular complexity index is 374. The molecular formula is C9H9NaO3S. The molecule has 0 fully saturated rings. The van der Waals surface area contributed by atoms with Gasteiger partial charge < -0.3 is 4.55 Å². The zero-order valence-corrected chi connectivity index (χ0v) is 10.8. The summed E-state index contributed by atoms with van der Waals surface area (Å²) in [5.41, 5.74) is 2.85. The van der Waals surface area contributed by atoms with Crippen LogP contribution in [0.3, 0.4) is 0 Å². The van der Waals surface area contributed by atoms with Crippen LogP contribution in [0.2, 0.25) is 0 Å². The minimum atomic E-state index is -4.04. The molecule has 0 aromatic rings. The second-order valence-corrected chi connectivity index (χ2v) is 4.04. The third-order valence-electron chi connectivity index (χ3n) is 1.54. The molecule has 0 unspecified atom stereocenters. The molecule has 2 aliphatic carbocycles. The van der Waals surface area contributed by atoms with Crippen molar-refractivity contribution in [3.8, 4) is 11.1 Å². The fraction of sp³-hybridized carbons (Fsp3) is 0.111. The summed E-state index contributed by atoms with van der Waals surface area (Å²) in [5, 5.41) is 0. The number of hydrogen-bond acceptors (Lipinski definition) is 3. The molecule has 0 bridgehead atoms. The predicted molar refractivity (Wildman–Crippen MR) is 50.2 cm³/mol. The molecule has 3 nitrogen and oxygen atoms in total. The molecule has 0 aliphatic heterocycles. The van der Waals surface area contributed by atoms with Crippen LogP contribution in [0, 0.1) is 0 Å². The van der Waals surface area contributed by atoms with Gasteiger partial charge in [0.2, 0.25) is 0 Å². The average Bonchev–Trinajstić information content (AvgIpc) is 1.95. The van der Waals surface area contributed by atoms with Crippen molar-refractivity contribution in [2.75, 3.05) is 5.75 Å². The van der Waals surface area contributed by atoms with Gasteiger partial charge in [-0.15, -0.1) is 6.58 Å². The van der Waals surface area contributed by atoms with Gasteiger partial charge in [0.15, 0.2) is 0 Å². The van der Waals surface area contributed by atoms with Gasteiger partial charge in [-0.2, -0.15) is 0 Å². The normalized spacial score (nSPS) is 10.4. The van der Waals surface area contributed by atoms with E-state index in [1.54, 1.807) is 0 Å². The minimum absolute atomic E-state index is 0. The van der Waals surface area contributed by atoms with E-state index in [2.05, 4.69) is 30.8 Å². The Kier molecular flexibility index (Phi) is 5.63. The Balaban J connectivity index is 0.000000225. The van der Waals surface area contributed by atoms with Crippen molar-refractivity contribution in [3.05, 3.63) is 36.9 Å². The van der Waals surface area contributed by atoms with E-state index < -0.39 is 15.9 Å². The summed E-state index contributed by atoms with van der Waals surface area (Å²) in [7, 11) is -4.04. The van der Waals surface area contributed by atoms with Crippen molar-refractivity contribution in [1.82, 2.24) is 0 Å². The van der Waals surface area contributed by atoms with Gasteiger partial charge in [0.1, 0.15) is 0 Å². The Morgan fingerprint density at radius 3 is 1.57 bits per heavy atom. The molecule has 5 heteroatoms. The quantitative estimate of drug-likeness (QED) is 0.347. The Hall–Kier alpha value is -0.130. The number of fused-ring (bicyclic) bond motifs is 1. The summed E-state index contributed by atoms with van der Waals surface area (Å²) in [5.74, 6) is -0.479. The standard InChI is InChI=1S/C6H4.C3H6O3S.Na/c1-2-6-4-3-5(1)6;1-2-3-7(4,5)6;/h1-4H;2H,1,3H2,(H,4,5,6);/q;;+1/p-1. The smallest absolute Gasteiger partial charge is 0.748 e. The molecule has 0 heterocycles. The van der Waals surface area contributed by atoms with Crippen molar-refractivity contribution in [3.63, 3.8) is 0 Å². The van der Waals surface area contributed by atoms with E-state index in [9.17, 15) is 13.0 Å². The molecule has 2 rings (SSSR count). The van der Waals surface area contributed by atoms with Crippen molar-refractivity contribution >= 4 is 10.1 Å². The Labute approximate surface area is 106 Å². The Morgan fingerprint density at radius 1 is 1.21 bits per heavy atom. The fourth-order valence-corrected chi connectivity index (χ4v) is 1.10. The molecule has 2 aliphatic rings. The zero-order chi connectivity index (χ0) is 9.90. The SMILES string of the molecule is C=CCS(=O)(=O)[O-].[Na+].c1cc2ccc1-2. The van der Waals surface area contributed by atoms with Gasteiger partial charge >= 0.3 is 29.6 Å². The van der Waals surface area contributed by atoms with E-state index in [1.165, 1.54) is 11.1 Å². The van der Waals surface area contributed by atoms with E-state index >= 15 is 0 Å². The van der Waals surface area contributed by atoms with Crippen LogP contribution < -0.4 is 29.6 Å². The Morgan fingerprint density at radius 2 is 1.57 bits per heavy atom. The monoisotopic (exact) mass is 220 g/mol. The maximum atomic E-state index is 9.60. The topological polar surface area (TPSA) is 57.2 Å². The maximum absolute atomic E-state index is 9.60. The third kappa shape index (κ3) is 4.39. The molecule has 0 aromatic carbocycles. The summed E-state index contributed by atoms with van der Waals surface area (Å²) < 4.78 is 28.8. The molecule has 14 heavy (non-hydrogen) atoms. The first-order valence-corrected chi connectivity index (χ1v) is 5.25. The van der Waals surface area contributed by atoms with Crippen LogP contribution in [0.15, 0.2) is 36.9 Å². The first kappa shape index (κ1) is 13.9. The van der Waals surface area contributed by atoms with Crippen LogP contribution in [0.1, 0.15) is 0 Å². The van der Waals surface area contributed by atoms with Crippen molar-refractivity contribution in [2.45, 2.75) is 0 Å².